The first-order valence-electron chi connectivity index (χ1n) is 7.86. The molecule has 0 aliphatic carbocycles. The van der Waals surface area contributed by atoms with E-state index in [1.54, 1.807) is 0 Å². The Kier molecular flexibility index (Phi) is 5.58. The smallest absolute Gasteiger partial charge is 0.0767 e. The van der Waals surface area contributed by atoms with Crippen LogP contribution >= 0.6 is 0 Å². The van der Waals surface area contributed by atoms with Gasteiger partial charge in [0.05, 0.1) is 5.60 Å². The summed E-state index contributed by atoms with van der Waals surface area (Å²) < 4.78 is 0. The Hall–Kier alpha value is -0.900. The van der Waals surface area contributed by atoms with Gasteiger partial charge in [0.1, 0.15) is 0 Å². The quantitative estimate of drug-likeness (QED) is 0.804. The van der Waals surface area contributed by atoms with Crippen molar-refractivity contribution in [3.63, 3.8) is 0 Å². The maximum atomic E-state index is 10.2. The lowest BCUT2D eigenvalue weighted by Gasteiger charge is -2.26. The molecule has 20 heavy (non-hydrogen) atoms. The second-order valence-electron chi connectivity index (χ2n) is 6.08. The molecule has 1 aromatic rings. The summed E-state index contributed by atoms with van der Waals surface area (Å²) in [6, 6.07) is 10.8. The molecule has 112 valence electrons. The number of aliphatic hydroxyl groups is 1. The Balaban J connectivity index is 1.74. The van der Waals surface area contributed by atoms with Crippen molar-refractivity contribution >= 4 is 0 Å². The van der Waals surface area contributed by atoms with Gasteiger partial charge in [-0.3, -0.25) is 0 Å². The van der Waals surface area contributed by atoms with Crippen molar-refractivity contribution in [2.24, 2.45) is 5.73 Å². The van der Waals surface area contributed by atoms with Gasteiger partial charge in [-0.25, -0.2) is 0 Å². The summed E-state index contributed by atoms with van der Waals surface area (Å²) in [6.07, 6.45) is 3.84. The monoisotopic (exact) mass is 276 g/mol. The predicted octanol–water partition coefficient (Wildman–Crippen LogP) is 2.36. The van der Waals surface area contributed by atoms with Crippen LogP contribution in [0, 0.1) is 0 Å². The van der Waals surface area contributed by atoms with E-state index in [4.69, 9.17) is 5.73 Å². The van der Waals surface area contributed by atoms with Crippen molar-refractivity contribution in [1.29, 1.82) is 0 Å². The maximum absolute atomic E-state index is 10.2. The summed E-state index contributed by atoms with van der Waals surface area (Å²) in [5.41, 5.74) is 6.45. The second kappa shape index (κ2) is 7.21. The van der Waals surface area contributed by atoms with Crippen LogP contribution in [0.5, 0.6) is 0 Å². The van der Waals surface area contributed by atoms with E-state index >= 15 is 0 Å². The molecule has 1 fully saturated rings. The molecule has 0 radical (unpaired) electrons. The molecule has 3 heteroatoms. The second-order valence-corrected chi connectivity index (χ2v) is 6.08. The van der Waals surface area contributed by atoms with Crippen molar-refractivity contribution in [1.82, 2.24) is 4.90 Å². The van der Waals surface area contributed by atoms with Gasteiger partial charge in [-0.15, -0.1) is 0 Å². The Morgan fingerprint density at radius 2 is 2.10 bits per heavy atom. The first-order chi connectivity index (χ1) is 9.67. The summed E-state index contributed by atoms with van der Waals surface area (Å²) in [6.45, 7) is 5.78. The molecule has 3 N–H and O–H groups in total. The van der Waals surface area contributed by atoms with Gasteiger partial charge in [-0.05, 0) is 50.3 Å². The molecular weight excluding hydrogens is 248 g/mol. The molecule has 2 unspecified atom stereocenters. The molecule has 2 atom stereocenters. The van der Waals surface area contributed by atoms with E-state index in [0.29, 0.717) is 12.5 Å². The summed E-state index contributed by atoms with van der Waals surface area (Å²) in [7, 11) is 0. The molecule has 1 saturated heterocycles. The number of nitrogens with two attached hydrogens (primary N) is 1. The van der Waals surface area contributed by atoms with Crippen LogP contribution in [0.2, 0.25) is 0 Å². The fourth-order valence-corrected chi connectivity index (χ4v) is 3.09. The third-order valence-electron chi connectivity index (χ3n) is 4.70. The van der Waals surface area contributed by atoms with Gasteiger partial charge < -0.3 is 15.7 Å². The lowest BCUT2D eigenvalue weighted by atomic mass is 9.95. The minimum atomic E-state index is -0.654. The predicted molar refractivity (Wildman–Crippen MR) is 83.8 cm³/mol. The molecule has 0 spiro atoms. The van der Waals surface area contributed by atoms with Gasteiger partial charge >= 0.3 is 0 Å². The van der Waals surface area contributed by atoms with Crippen molar-refractivity contribution in [2.75, 3.05) is 26.2 Å². The van der Waals surface area contributed by atoms with Gasteiger partial charge in [-0.1, -0.05) is 37.3 Å². The molecule has 1 aromatic carbocycles. The van der Waals surface area contributed by atoms with Crippen LogP contribution < -0.4 is 5.73 Å². The van der Waals surface area contributed by atoms with Crippen molar-refractivity contribution in [3.8, 4) is 0 Å². The fraction of sp³-hybridized carbons (Fsp3) is 0.647. The number of rotatable bonds is 7. The molecule has 3 nitrogen and oxygen atoms in total. The molecule has 1 aliphatic heterocycles. The molecule has 0 aromatic heterocycles. The van der Waals surface area contributed by atoms with Crippen LogP contribution in [0.25, 0.3) is 0 Å². The molecule has 0 amide bonds. The highest BCUT2D eigenvalue weighted by Crippen LogP contribution is 2.27. The van der Waals surface area contributed by atoms with E-state index in [0.717, 1.165) is 32.4 Å². The standard InChI is InChI=1S/C17H28N2O/c1-2-17(20,14-18)10-6-11-19-12-9-16(13-19)15-7-4-3-5-8-15/h3-5,7-8,16,20H,2,6,9-14,18H2,1H3. The summed E-state index contributed by atoms with van der Waals surface area (Å²) in [5.74, 6) is 0.677. The minimum absolute atomic E-state index is 0.371. The Morgan fingerprint density at radius 1 is 1.35 bits per heavy atom. The summed E-state index contributed by atoms with van der Waals surface area (Å²) in [4.78, 5) is 2.52. The van der Waals surface area contributed by atoms with Gasteiger partial charge in [0.15, 0.2) is 0 Å². The Labute approximate surface area is 122 Å². The Bertz CT molecular complexity index is 389. The zero-order valence-corrected chi connectivity index (χ0v) is 12.6. The lowest BCUT2D eigenvalue weighted by molar-refractivity contribution is 0.0322. The van der Waals surface area contributed by atoms with E-state index in [-0.39, 0.29) is 0 Å². The zero-order valence-electron chi connectivity index (χ0n) is 12.6. The van der Waals surface area contributed by atoms with Gasteiger partial charge in [0.2, 0.25) is 0 Å². The minimum Gasteiger partial charge on any atom is -0.389 e. The van der Waals surface area contributed by atoms with E-state index < -0.39 is 5.60 Å². The molecule has 1 heterocycles. The highest BCUT2D eigenvalue weighted by atomic mass is 16.3. The third kappa shape index (κ3) is 4.05. The average molecular weight is 276 g/mol. The highest BCUT2D eigenvalue weighted by Gasteiger charge is 2.25. The number of hydrogen-bond acceptors (Lipinski definition) is 3. The molecular formula is C17H28N2O. The van der Waals surface area contributed by atoms with Crippen molar-refractivity contribution in [2.45, 2.75) is 44.1 Å². The molecule has 0 saturated carbocycles. The van der Waals surface area contributed by atoms with Gasteiger partial charge in [-0.2, -0.15) is 0 Å². The first kappa shape index (κ1) is 15.5. The van der Waals surface area contributed by atoms with E-state index in [2.05, 4.69) is 35.2 Å². The average Bonchev–Trinajstić information content (AvgIpc) is 2.97. The summed E-state index contributed by atoms with van der Waals surface area (Å²) in [5, 5.41) is 10.2. The molecule has 1 aliphatic rings. The third-order valence-corrected chi connectivity index (χ3v) is 4.70. The maximum Gasteiger partial charge on any atom is 0.0767 e. The van der Waals surface area contributed by atoms with Crippen LogP contribution in [0.15, 0.2) is 30.3 Å². The van der Waals surface area contributed by atoms with Gasteiger partial charge in [0.25, 0.3) is 0 Å². The highest BCUT2D eigenvalue weighted by molar-refractivity contribution is 5.20. The Morgan fingerprint density at radius 3 is 2.75 bits per heavy atom. The van der Waals surface area contributed by atoms with Gasteiger partial charge in [0, 0.05) is 13.1 Å². The van der Waals surface area contributed by atoms with E-state index in [1.165, 1.54) is 18.5 Å². The largest absolute Gasteiger partial charge is 0.389 e. The van der Waals surface area contributed by atoms with Crippen LogP contribution in [-0.2, 0) is 0 Å². The van der Waals surface area contributed by atoms with Crippen LogP contribution in [-0.4, -0.2) is 41.8 Å². The number of benzene rings is 1. The number of nitrogens with zero attached hydrogens (tertiary/aromatic N) is 1. The first-order valence-corrected chi connectivity index (χ1v) is 7.86. The zero-order chi connectivity index (χ0) is 14.4. The van der Waals surface area contributed by atoms with Crippen molar-refractivity contribution < 1.29 is 5.11 Å². The lowest BCUT2D eigenvalue weighted by Crippen LogP contribution is -2.37. The van der Waals surface area contributed by atoms with Crippen LogP contribution in [0.4, 0.5) is 0 Å². The molecule has 2 rings (SSSR count). The fourth-order valence-electron chi connectivity index (χ4n) is 3.09. The van der Waals surface area contributed by atoms with E-state index in [9.17, 15) is 5.11 Å². The topological polar surface area (TPSA) is 49.5 Å². The van der Waals surface area contributed by atoms with Crippen LogP contribution in [0.3, 0.4) is 0 Å². The van der Waals surface area contributed by atoms with Crippen LogP contribution in [0.1, 0.15) is 44.1 Å². The summed E-state index contributed by atoms with van der Waals surface area (Å²) >= 11 is 0. The normalized spacial score (nSPS) is 22.9. The molecule has 0 bridgehead atoms. The number of likely N-dealkylation sites (tertiary alicyclic amines) is 1. The van der Waals surface area contributed by atoms with E-state index in [1.807, 2.05) is 6.92 Å². The SMILES string of the molecule is CCC(O)(CN)CCCN1CCC(c2ccccc2)C1. The van der Waals surface area contributed by atoms with Crippen molar-refractivity contribution in [3.05, 3.63) is 35.9 Å². The number of hydrogen-bond donors (Lipinski definition) is 2.